The summed E-state index contributed by atoms with van der Waals surface area (Å²) in [7, 11) is 0. The average molecular weight is 601 g/mol. The number of carbonyl (C=O) groups is 1. The van der Waals surface area contributed by atoms with E-state index >= 15 is 0 Å². The van der Waals surface area contributed by atoms with Crippen LogP contribution in [0.5, 0.6) is 0 Å². The van der Waals surface area contributed by atoms with Gasteiger partial charge in [0.15, 0.2) is 0 Å². The molecule has 1 amide bonds. The number of ether oxygens (including phenoxy) is 1. The second kappa shape index (κ2) is 18.3. The molecule has 1 saturated heterocycles. The third-order valence-corrected chi connectivity index (χ3v) is 7.46. The van der Waals surface area contributed by atoms with Crippen LogP contribution in [0.1, 0.15) is 95.3 Å². The normalized spacial score (nSPS) is 17.9. The minimum Gasteiger partial charge on any atom is -0.381 e. The molecule has 8 heteroatoms. The zero-order valence-corrected chi connectivity index (χ0v) is 27.6. The van der Waals surface area contributed by atoms with Crippen LogP contribution < -0.4 is 16.4 Å². The topological polar surface area (TPSA) is 105 Å². The first-order chi connectivity index (χ1) is 21.2. The number of anilines is 1. The molecule has 1 aromatic carbocycles. The lowest BCUT2D eigenvalue weighted by atomic mass is 10.1. The number of benzene rings is 1. The van der Waals surface area contributed by atoms with E-state index in [0.717, 1.165) is 98.9 Å². The number of amidine groups is 1. The van der Waals surface area contributed by atoms with Gasteiger partial charge in [-0.15, -0.1) is 0 Å². The summed E-state index contributed by atoms with van der Waals surface area (Å²) >= 11 is 0. The molecule has 2 aromatic rings. The third-order valence-electron chi connectivity index (χ3n) is 7.46. The summed E-state index contributed by atoms with van der Waals surface area (Å²) in [5.41, 5.74) is 13.9. The molecule has 3 heterocycles. The third kappa shape index (κ3) is 11.2. The van der Waals surface area contributed by atoms with Crippen LogP contribution in [0.4, 0.5) is 5.69 Å². The average Bonchev–Trinajstić information content (AvgIpc) is 3.46. The maximum atomic E-state index is 12.9. The Kier molecular flexibility index (Phi) is 14.5. The molecule has 4 N–H and O–H groups in total. The van der Waals surface area contributed by atoms with Crippen molar-refractivity contribution >= 4 is 23.1 Å². The van der Waals surface area contributed by atoms with Crippen LogP contribution in [-0.4, -0.2) is 54.0 Å². The van der Waals surface area contributed by atoms with Crippen molar-refractivity contribution in [3.63, 3.8) is 0 Å². The number of allylic oxidation sites excluding steroid dienone is 2. The lowest BCUT2D eigenvalue weighted by Gasteiger charge is -2.30. The fourth-order valence-electron chi connectivity index (χ4n) is 4.86. The minimum absolute atomic E-state index is 0.220. The largest absolute Gasteiger partial charge is 0.381 e. The summed E-state index contributed by atoms with van der Waals surface area (Å²) in [6.45, 7) is 17.2. The number of likely N-dealkylation sites (tertiary alicyclic amines) is 1. The lowest BCUT2D eigenvalue weighted by molar-refractivity contribution is 0.102. The Labute approximate surface area is 264 Å². The molecule has 0 saturated carbocycles. The van der Waals surface area contributed by atoms with Crippen molar-refractivity contribution in [2.75, 3.05) is 31.6 Å². The molecule has 2 aliphatic heterocycles. The van der Waals surface area contributed by atoms with Crippen molar-refractivity contribution < 1.29 is 9.53 Å². The van der Waals surface area contributed by atoms with Crippen LogP contribution in [0.3, 0.4) is 0 Å². The number of pyridine rings is 1. The monoisotopic (exact) mass is 600 g/mol. The second-order valence-electron chi connectivity index (χ2n) is 11.7. The van der Waals surface area contributed by atoms with E-state index in [0.29, 0.717) is 5.69 Å². The maximum Gasteiger partial charge on any atom is 0.274 e. The Bertz CT molecular complexity index is 1330. The molecule has 0 spiro atoms. The van der Waals surface area contributed by atoms with E-state index in [1.807, 2.05) is 42.6 Å². The van der Waals surface area contributed by atoms with E-state index in [4.69, 9.17) is 10.5 Å². The van der Waals surface area contributed by atoms with Gasteiger partial charge in [0.25, 0.3) is 5.91 Å². The summed E-state index contributed by atoms with van der Waals surface area (Å²) in [4.78, 5) is 24.2. The number of hydrogen-bond acceptors (Lipinski definition) is 6. The Balaban J connectivity index is 0.000000676. The number of rotatable bonds is 11. The number of nitrogens with zero attached hydrogens (tertiary/aromatic N) is 3. The van der Waals surface area contributed by atoms with Crippen molar-refractivity contribution in [3.05, 3.63) is 88.4 Å². The van der Waals surface area contributed by atoms with Gasteiger partial charge in [-0.1, -0.05) is 44.1 Å². The van der Waals surface area contributed by atoms with Gasteiger partial charge < -0.3 is 21.1 Å². The van der Waals surface area contributed by atoms with E-state index in [1.54, 1.807) is 6.20 Å². The highest BCUT2D eigenvalue weighted by molar-refractivity contribution is 6.12. The highest BCUT2D eigenvalue weighted by Crippen LogP contribution is 2.25. The van der Waals surface area contributed by atoms with E-state index in [1.165, 1.54) is 11.1 Å². The molecule has 0 bridgehead atoms. The molecular weight excluding hydrogens is 548 g/mol. The van der Waals surface area contributed by atoms with Crippen LogP contribution in [0, 0.1) is 0 Å². The van der Waals surface area contributed by atoms with E-state index in [2.05, 4.69) is 73.1 Å². The summed E-state index contributed by atoms with van der Waals surface area (Å²) in [5.74, 6) is 0.639. The molecule has 2 aliphatic rings. The van der Waals surface area contributed by atoms with Crippen LogP contribution >= 0.6 is 0 Å². The SMILES string of the molecule is CCC(C)=CN=C1NC(c2ccc(NC(=O)c3cc(CN4CCCC(N)C4)ccn3)cc2)=CC1=C(C)C.CCCOCCC. The van der Waals surface area contributed by atoms with Gasteiger partial charge in [-0.2, -0.15) is 0 Å². The van der Waals surface area contributed by atoms with Gasteiger partial charge in [-0.05, 0) is 101 Å². The second-order valence-corrected chi connectivity index (χ2v) is 11.7. The molecule has 0 aliphatic carbocycles. The number of amides is 1. The quantitative estimate of drug-likeness (QED) is 0.238. The van der Waals surface area contributed by atoms with Crippen molar-refractivity contribution in [1.82, 2.24) is 15.2 Å². The molecule has 44 heavy (non-hydrogen) atoms. The fraction of sp³-hybridized carbons (Fsp3) is 0.472. The molecular formula is C36H52N6O2. The molecule has 238 valence electrons. The van der Waals surface area contributed by atoms with Crippen LogP contribution in [0.15, 0.2) is 76.6 Å². The molecule has 1 unspecified atom stereocenters. The molecule has 4 rings (SSSR count). The standard InChI is InChI=1S/C30H38N6O.C6H14O/c1-5-21(4)17-33-29-26(20(2)3)16-27(35-29)23-8-10-25(11-9-23)34-30(37)28-15-22(12-13-32-28)18-36-14-6-7-24(31)19-36;1-3-5-7-6-4-2/h8-13,15-17,24H,5-7,14,18-19,31H2,1-4H3,(H,33,35)(H,34,37);3-6H2,1-2H3. The Hall–Kier alpha value is -3.59. The van der Waals surface area contributed by atoms with Crippen LogP contribution in [0.25, 0.3) is 5.70 Å². The zero-order valence-electron chi connectivity index (χ0n) is 27.6. The van der Waals surface area contributed by atoms with Gasteiger partial charge in [-0.25, -0.2) is 4.99 Å². The smallest absolute Gasteiger partial charge is 0.274 e. The summed E-state index contributed by atoms with van der Waals surface area (Å²) < 4.78 is 5.13. The van der Waals surface area contributed by atoms with Gasteiger partial charge in [-0.3, -0.25) is 14.7 Å². The van der Waals surface area contributed by atoms with Crippen molar-refractivity contribution in [1.29, 1.82) is 0 Å². The molecule has 8 nitrogen and oxygen atoms in total. The Morgan fingerprint density at radius 3 is 2.50 bits per heavy atom. The highest BCUT2D eigenvalue weighted by atomic mass is 16.5. The number of piperidine rings is 1. The predicted octanol–water partition coefficient (Wildman–Crippen LogP) is 7.07. The van der Waals surface area contributed by atoms with Gasteiger partial charge in [0.05, 0.1) is 0 Å². The van der Waals surface area contributed by atoms with Gasteiger partial charge in [0.2, 0.25) is 0 Å². The lowest BCUT2D eigenvalue weighted by Crippen LogP contribution is -2.42. The number of nitrogens with two attached hydrogens (primary N) is 1. The summed E-state index contributed by atoms with van der Waals surface area (Å²) in [5, 5.41) is 6.42. The Morgan fingerprint density at radius 2 is 1.86 bits per heavy atom. The Morgan fingerprint density at radius 1 is 1.14 bits per heavy atom. The number of hydrogen-bond donors (Lipinski definition) is 3. The number of aromatic nitrogens is 1. The first kappa shape index (κ1) is 34.9. The minimum atomic E-state index is -0.220. The summed E-state index contributed by atoms with van der Waals surface area (Å²) in [6.07, 6.45) is 11.2. The number of carbonyl (C=O) groups excluding carboxylic acids is 1. The number of aliphatic imine (C=N–C) groups is 1. The van der Waals surface area contributed by atoms with E-state index in [9.17, 15) is 4.79 Å². The van der Waals surface area contributed by atoms with Gasteiger partial charge >= 0.3 is 0 Å². The first-order valence-electron chi connectivity index (χ1n) is 16.1. The van der Waals surface area contributed by atoms with Crippen LogP contribution in [-0.2, 0) is 11.3 Å². The molecule has 0 radical (unpaired) electrons. The van der Waals surface area contributed by atoms with Crippen LogP contribution in [0.2, 0.25) is 0 Å². The van der Waals surface area contributed by atoms with Gasteiger partial charge in [0, 0.05) is 61.7 Å². The maximum absolute atomic E-state index is 12.9. The molecule has 1 atom stereocenters. The van der Waals surface area contributed by atoms with E-state index in [-0.39, 0.29) is 11.9 Å². The molecule has 1 fully saturated rings. The highest BCUT2D eigenvalue weighted by Gasteiger charge is 2.19. The van der Waals surface area contributed by atoms with Crippen molar-refractivity contribution in [2.45, 2.75) is 86.2 Å². The van der Waals surface area contributed by atoms with Gasteiger partial charge in [0.1, 0.15) is 11.5 Å². The predicted molar refractivity (Wildman–Crippen MR) is 183 cm³/mol. The number of nitrogens with one attached hydrogen (secondary N) is 2. The van der Waals surface area contributed by atoms with Crippen molar-refractivity contribution in [3.8, 4) is 0 Å². The molecule has 1 aromatic heterocycles. The van der Waals surface area contributed by atoms with Crippen molar-refractivity contribution in [2.24, 2.45) is 10.7 Å². The van der Waals surface area contributed by atoms with E-state index < -0.39 is 0 Å². The first-order valence-corrected chi connectivity index (χ1v) is 16.1. The summed E-state index contributed by atoms with van der Waals surface area (Å²) in [6, 6.07) is 11.9. The fourth-order valence-corrected chi connectivity index (χ4v) is 4.86. The zero-order chi connectivity index (χ0) is 31.9.